The van der Waals surface area contributed by atoms with Crippen LogP contribution in [0.25, 0.3) is 6.08 Å². The van der Waals surface area contributed by atoms with E-state index in [1.807, 2.05) is 0 Å². The Morgan fingerprint density at radius 2 is 1.68 bits per heavy atom. The molecule has 0 bridgehead atoms. The number of alkyl halides is 6. The van der Waals surface area contributed by atoms with E-state index in [0.717, 1.165) is 24.3 Å². The van der Waals surface area contributed by atoms with Crippen LogP contribution in [0.1, 0.15) is 48.9 Å². The lowest BCUT2D eigenvalue weighted by molar-refractivity contribution is -0.266. The molecule has 2 aromatic rings. The zero-order valence-electron chi connectivity index (χ0n) is 18.7. The van der Waals surface area contributed by atoms with E-state index >= 15 is 0 Å². The van der Waals surface area contributed by atoms with Crippen molar-refractivity contribution in [2.45, 2.75) is 56.6 Å². The predicted molar refractivity (Wildman–Crippen MR) is 112 cm³/mol. The molecule has 0 saturated heterocycles. The summed E-state index contributed by atoms with van der Waals surface area (Å²) in [5.74, 6) is -0.589. The van der Waals surface area contributed by atoms with Gasteiger partial charge >= 0.3 is 12.4 Å². The highest BCUT2D eigenvalue weighted by Crippen LogP contribution is 2.46. The predicted octanol–water partition coefficient (Wildman–Crippen LogP) is 6.35. The molecule has 0 aromatic heterocycles. The van der Waals surface area contributed by atoms with Crippen molar-refractivity contribution < 1.29 is 40.6 Å². The molecule has 0 saturated carbocycles. The van der Waals surface area contributed by atoms with Gasteiger partial charge in [0.15, 0.2) is 5.60 Å². The lowest BCUT2D eigenvalue weighted by atomic mass is 9.73. The van der Waals surface area contributed by atoms with Crippen LogP contribution in [-0.2, 0) is 18.1 Å². The summed E-state index contributed by atoms with van der Waals surface area (Å²) in [6, 6.07) is 6.48. The third-order valence-electron chi connectivity index (χ3n) is 5.95. The Balaban J connectivity index is 1.96. The minimum atomic E-state index is -5.06. The largest absolute Gasteiger partial charge is 0.496 e. The van der Waals surface area contributed by atoms with Crippen LogP contribution in [0.3, 0.4) is 0 Å². The number of halogens is 7. The van der Waals surface area contributed by atoms with Crippen molar-refractivity contribution in [2.24, 2.45) is 0 Å². The van der Waals surface area contributed by atoms with Gasteiger partial charge in [0.1, 0.15) is 11.6 Å². The van der Waals surface area contributed by atoms with Gasteiger partial charge in [-0.15, -0.1) is 0 Å². The van der Waals surface area contributed by atoms with Gasteiger partial charge in [-0.2, -0.15) is 26.3 Å². The molecule has 0 radical (unpaired) electrons. The number of ether oxygens (including phenoxy) is 1. The van der Waals surface area contributed by atoms with Crippen molar-refractivity contribution in [1.29, 1.82) is 0 Å². The molecule has 1 atom stereocenters. The number of aliphatic hydroxyl groups is 1. The molecule has 3 rings (SSSR count). The molecule has 1 unspecified atom stereocenters. The molecule has 186 valence electrons. The van der Waals surface area contributed by atoms with Gasteiger partial charge in [0.05, 0.1) is 12.7 Å². The van der Waals surface area contributed by atoms with Crippen LogP contribution in [0.4, 0.5) is 30.7 Å². The second-order valence-electron chi connectivity index (χ2n) is 9.05. The average molecular weight is 491 g/mol. The van der Waals surface area contributed by atoms with Crippen LogP contribution in [0.2, 0.25) is 0 Å². The molecule has 1 heterocycles. The average Bonchev–Trinajstić information content (AvgIpc) is 2.71. The molecule has 1 aliphatic heterocycles. The zero-order valence-corrected chi connectivity index (χ0v) is 18.7. The van der Waals surface area contributed by atoms with Crippen LogP contribution < -0.4 is 10.1 Å². The van der Waals surface area contributed by atoms with Gasteiger partial charge in [0.2, 0.25) is 0 Å². The maximum absolute atomic E-state index is 14.1. The summed E-state index contributed by atoms with van der Waals surface area (Å²) in [4.78, 5) is 0. The maximum Gasteiger partial charge on any atom is 0.417 e. The number of nitrogens with one attached hydrogen (secondary N) is 1. The van der Waals surface area contributed by atoms with Crippen LogP contribution in [0.5, 0.6) is 5.75 Å². The molecule has 2 N–H and O–H groups in total. The molecule has 3 nitrogen and oxygen atoms in total. The Bertz CT molecular complexity index is 1090. The highest BCUT2D eigenvalue weighted by Gasteiger charge is 2.56. The fourth-order valence-corrected chi connectivity index (χ4v) is 4.26. The normalized spacial score (nSPS) is 16.3. The fourth-order valence-electron chi connectivity index (χ4n) is 4.26. The number of benzene rings is 2. The minimum absolute atomic E-state index is 0.0163. The second-order valence-corrected chi connectivity index (χ2v) is 9.05. The monoisotopic (exact) mass is 491 g/mol. The van der Waals surface area contributed by atoms with Crippen LogP contribution in [0, 0.1) is 5.82 Å². The SMILES string of the molecule is COc1cc(F)ccc1C(C)(C)CC(O)(CC1=Cc2cc(C(F)(F)F)ccc2CN1)C(F)(F)F. The van der Waals surface area contributed by atoms with Crippen molar-refractivity contribution in [3.05, 3.63) is 70.2 Å². The molecule has 0 amide bonds. The Morgan fingerprint density at radius 1 is 1.00 bits per heavy atom. The van der Waals surface area contributed by atoms with Crippen molar-refractivity contribution in [2.75, 3.05) is 7.11 Å². The molecule has 1 aliphatic rings. The molecular weight excluding hydrogens is 467 g/mol. The fraction of sp³-hybridized carbons (Fsp3) is 0.417. The Kier molecular flexibility index (Phi) is 6.69. The summed E-state index contributed by atoms with van der Waals surface area (Å²) in [6.45, 7) is 2.95. The summed E-state index contributed by atoms with van der Waals surface area (Å²) in [5.41, 5.74) is -4.61. The summed E-state index contributed by atoms with van der Waals surface area (Å²) < 4.78 is 100. The third-order valence-corrected chi connectivity index (χ3v) is 5.95. The van der Waals surface area contributed by atoms with Crippen molar-refractivity contribution in [3.63, 3.8) is 0 Å². The van der Waals surface area contributed by atoms with E-state index in [4.69, 9.17) is 4.74 Å². The van der Waals surface area contributed by atoms with Gasteiger partial charge in [-0.05, 0) is 47.2 Å². The lowest BCUT2D eigenvalue weighted by Gasteiger charge is -2.39. The number of fused-ring (bicyclic) bond motifs is 1. The van der Waals surface area contributed by atoms with E-state index in [1.54, 1.807) is 0 Å². The first kappa shape index (κ1) is 25.9. The third kappa shape index (κ3) is 5.32. The van der Waals surface area contributed by atoms with Gasteiger partial charge in [0, 0.05) is 30.3 Å². The molecule has 0 aliphatic carbocycles. The van der Waals surface area contributed by atoms with E-state index in [0.29, 0.717) is 5.56 Å². The minimum Gasteiger partial charge on any atom is -0.496 e. The van der Waals surface area contributed by atoms with Crippen LogP contribution >= 0.6 is 0 Å². The Morgan fingerprint density at radius 3 is 2.26 bits per heavy atom. The van der Waals surface area contributed by atoms with Crippen LogP contribution in [-0.4, -0.2) is 24.0 Å². The molecule has 0 fully saturated rings. The molecule has 34 heavy (non-hydrogen) atoms. The van der Waals surface area contributed by atoms with Crippen molar-refractivity contribution >= 4 is 6.08 Å². The number of hydrogen-bond donors (Lipinski definition) is 2. The van der Waals surface area contributed by atoms with E-state index in [9.17, 15) is 35.8 Å². The zero-order chi connectivity index (χ0) is 25.5. The number of hydrogen-bond acceptors (Lipinski definition) is 3. The summed E-state index contributed by atoms with van der Waals surface area (Å²) >= 11 is 0. The maximum atomic E-state index is 14.1. The second kappa shape index (κ2) is 8.79. The lowest BCUT2D eigenvalue weighted by Crippen LogP contribution is -2.50. The standard InChI is InChI=1S/C24H24F7NO2/c1-21(2,19-7-6-17(25)10-20(19)34-3)13-22(33,24(29,30)31)11-18-9-15-8-16(23(26,27)28)5-4-14(15)12-32-18/h4-10,32-33H,11-13H2,1-3H3. The van der Waals surface area contributed by atoms with Crippen LogP contribution in [0.15, 0.2) is 42.1 Å². The molecular formula is C24H24F7NO2. The Labute approximate surface area is 192 Å². The van der Waals surface area contributed by atoms with E-state index in [1.165, 1.54) is 39.2 Å². The van der Waals surface area contributed by atoms with Gasteiger partial charge < -0.3 is 15.2 Å². The van der Waals surface area contributed by atoms with E-state index in [-0.39, 0.29) is 29.1 Å². The van der Waals surface area contributed by atoms with Gasteiger partial charge in [-0.25, -0.2) is 4.39 Å². The van der Waals surface area contributed by atoms with Gasteiger partial charge in [0.25, 0.3) is 0 Å². The summed E-state index contributed by atoms with van der Waals surface area (Å²) in [5, 5.41) is 13.6. The first-order valence-electron chi connectivity index (χ1n) is 10.3. The molecule has 2 aromatic carbocycles. The first-order chi connectivity index (χ1) is 15.6. The van der Waals surface area contributed by atoms with Gasteiger partial charge in [-0.1, -0.05) is 26.0 Å². The van der Waals surface area contributed by atoms with Crippen molar-refractivity contribution in [1.82, 2.24) is 5.32 Å². The van der Waals surface area contributed by atoms with Crippen molar-refractivity contribution in [3.8, 4) is 5.75 Å². The Hall–Kier alpha value is -2.75. The van der Waals surface area contributed by atoms with E-state index < -0.39 is 47.6 Å². The topological polar surface area (TPSA) is 41.5 Å². The smallest absolute Gasteiger partial charge is 0.417 e. The highest BCUT2D eigenvalue weighted by atomic mass is 19.4. The molecule has 0 spiro atoms. The quantitative estimate of drug-likeness (QED) is 0.463. The first-order valence-corrected chi connectivity index (χ1v) is 10.3. The summed E-state index contributed by atoms with van der Waals surface area (Å²) in [7, 11) is 1.26. The summed E-state index contributed by atoms with van der Waals surface area (Å²) in [6.07, 6.45) is -10.2. The highest BCUT2D eigenvalue weighted by molar-refractivity contribution is 5.60. The number of methoxy groups -OCH3 is 1. The number of rotatable bonds is 6. The molecule has 10 heteroatoms. The van der Waals surface area contributed by atoms with E-state index in [2.05, 4.69) is 5.32 Å². The van der Waals surface area contributed by atoms with Gasteiger partial charge in [-0.3, -0.25) is 0 Å².